The molecule has 1 fully saturated rings. The van der Waals surface area contributed by atoms with Gasteiger partial charge in [-0.15, -0.1) is 0 Å². The molecule has 2 aliphatic rings. The first-order valence-corrected chi connectivity index (χ1v) is 9.06. The zero-order chi connectivity index (χ0) is 14.7. The first kappa shape index (κ1) is 14.9. The summed E-state index contributed by atoms with van der Waals surface area (Å²) in [4.78, 5) is 12.6. The second kappa shape index (κ2) is 6.84. The molecule has 0 saturated heterocycles. The van der Waals surface area contributed by atoms with Crippen molar-refractivity contribution >= 4 is 17.7 Å². The molecule has 3 nitrogen and oxygen atoms in total. The average Bonchev–Trinajstić information content (AvgIpc) is 2.94. The summed E-state index contributed by atoms with van der Waals surface area (Å²) in [5.41, 5.74) is 2.46. The van der Waals surface area contributed by atoms with Crippen LogP contribution >= 0.6 is 11.8 Å². The number of amides is 1. The fourth-order valence-corrected chi connectivity index (χ4v) is 4.62. The number of carbonyl (C=O) groups excluding carboxylic acids is 1. The van der Waals surface area contributed by atoms with Gasteiger partial charge >= 0.3 is 0 Å². The summed E-state index contributed by atoms with van der Waals surface area (Å²) in [5, 5.41) is 7.36. The van der Waals surface area contributed by atoms with Gasteiger partial charge in [-0.05, 0) is 42.6 Å². The van der Waals surface area contributed by atoms with Crippen LogP contribution in [0.3, 0.4) is 0 Å². The van der Waals surface area contributed by atoms with Gasteiger partial charge in [0.15, 0.2) is 0 Å². The molecule has 1 aromatic carbocycles. The van der Waals surface area contributed by atoms with Crippen molar-refractivity contribution in [2.75, 3.05) is 12.3 Å². The lowest BCUT2D eigenvalue weighted by Crippen LogP contribution is -2.44. The first-order chi connectivity index (χ1) is 10.3. The van der Waals surface area contributed by atoms with Crippen LogP contribution in [0.1, 0.15) is 43.4 Å². The van der Waals surface area contributed by atoms with Crippen LogP contribution in [0.2, 0.25) is 0 Å². The molecule has 0 aromatic heterocycles. The summed E-state index contributed by atoms with van der Waals surface area (Å²) in [6.07, 6.45) is 4.49. The molecule has 1 amide bonds. The van der Waals surface area contributed by atoms with E-state index in [2.05, 4.69) is 35.8 Å². The Morgan fingerprint density at radius 1 is 1.38 bits per heavy atom. The summed E-state index contributed by atoms with van der Waals surface area (Å²) in [7, 11) is 0. The predicted octanol–water partition coefficient (Wildman–Crippen LogP) is 2.66. The van der Waals surface area contributed by atoms with Gasteiger partial charge < -0.3 is 10.6 Å². The molecule has 4 heteroatoms. The fraction of sp³-hybridized carbons (Fsp3) is 0.588. The predicted molar refractivity (Wildman–Crippen MR) is 88.6 cm³/mol. The number of fused-ring (bicyclic) bond motifs is 1. The largest absolute Gasteiger partial charge is 0.352 e. The number of benzene rings is 1. The van der Waals surface area contributed by atoms with Crippen LogP contribution < -0.4 is 10.6 Å². The molecule has 1 heterocycles. The van der Waals surface area contributed by atoms with Crippen molar-refractivity contribution in [2.24, 2.45) is 0 Å². The topological polar surface area (TPSA) is 41.1 Å². The van der Waals surface area contributed by atoms with Crippen LogP contribution in [-0.4, -0.2) is 29.5 Å². The van der Waals surface area contributed by atoms with Crippen LogP contribution in [-0.2, 0) is 11.2 Å². The molecule has 3 unspecified atom stereocenters. The minimum Gasteiger partial charge on any atom is -0.352 e. The monoisotopic (exact) mass is 304 g/mol. The standard InChI is InChI=1S/C17H24N2OS/c1-2-21-14-8-7-13(11-14)19-17(20)16-15-6-4-3-5-12(15)9-10-18-16/h3-6,13-14,16,18H,2,7-11H2,1H3,(H,19,20). The normalized spacial score (nSPS) is 28.1. The SMILES string of the molecule is CCSC1CCC(NC(=O)C2NCCc3ccccc32)C1. The molecular weight excluding hydrogens is 280 g/mol. The number of nitrogens with one attached hydrogen (secondary N) is 2. The zero-order valence-corrected chi connectivity index (χ0v) is 13.4. The number of carbonyl (C=O) groups is 1. The Morgan fingerprint density at radius 2 is 2.24 bits per heavy atom. The third-order valence-corrected chi connectivity index (χ3v) is 5.74. The summed E-state index contributed by atoms with van der Waals surface area (Å²) >= 11 is 2.03. The number of rotatable bonds is 4. The summed E-state index contributed by atoms with van der Waals surface area (Å²) in [6, 6.07) is 8.49. The Bertz CT molecular complexity index is 505. The van der Waals surface area contributed by atoms with E-state index in [0.717, 1.165) is 36.6 Å². The molecular formula is C17H24N2OS. The Labute approximate surface area is 131 Å². The second-order valence-corrected chi connectivity index (χ2v) is 7.51. The van der Waals surface area contributed by atoms with Gasteiger partial charge in [-0.1, -0.05) is 31.2 Å². The Morgan fingerprint density at radius 3 is 3.10 bits per heavy atom. The molecule has 114 valence electrons. The maximum absolute atomic E-state index is 12.6. The van der Waals surface area contributed by atoms with Gasteiger partial charge in [0.1, 0.15) is 6.04 Å². The smallest absolute Gasteiger partial charge is 0.241 e. The molecule has 2 N–H and O–H groups in total. The van der Waals surface area contributed by atoms with E-state index >= 15 is 0 Å². The van der Waals surface area contributed by atoms with Gasteiger partial charge in [-0.2, -0.15) is 11.8 Å². The third-order valence-electron chi connectivity index (χ3n) is 4.50. The Balaban J connectivity index is 1.62. The molecule has 0 bridgehead atoms. The number of hydrogen-bond acceptors (Lipinski definition) is 3. The molecule has 1 aliphatic carbocycles. The third kappa shape index (κ3) is 3.43. The van der Waals surface area contributed by atoms with Crippen molar-refractivity contribution < 1.29 is 4.79 Å². The van der Waals surface area contributed by atoms with Crippen molar-refractivity contribution in [1.82, 2.24) is 10.6 Å². The zero-order valence-electron chi connectivity index (χ0n) is 12.6. The van der Waals surface area contributed by atoms with E-state index in [-0.39, 0.29) is 11.9 Å². The van der Waals surface area contributed by atoms with Crippen molar-refractivity contribution in [1.29, 1.82) is 0 Å². The highest BCUT2D eigenvalue weighted by Gasteiger charge is 2.30. The van der Waals surface area contributed by atoms with Gasteiger partial charge in [0.05, 0.1) is 0 Å². The number of thioether (sulfide) groups is 1. The van der Waals surface area contributed by atoms with Gasteiger partial charge in [0.2, 0.25) is 5.91 Å². The van der Waals surface area contributed by atoms with Gasteiger partial charge in [0.25, 0.3) is 0 Å². The van der Waals surface area contributed by atoms with Crippen LogP contribution in [0.4, 0.5) is 0 Å². The number of hydrogen-bond donors (Lipinski definition) is 2. The Hall–Kier alpha value is -1.00. The molecule has 0 spiro atoms. The van der Waals surface area contributed by atoms with Gasteiger partial charge in [-0.25, -0.2) is 0 Å². The fourth-order valence-electron chi connectivity index (χ4n) is 3.48. The highest BCUT2D eigenvalue weighted by Crippen LogP contribution is 2.30. The highest BCUT2D eigenvalue weighted by molar-refractivity contribution is 7.99. The quantitative estimate of drug-likeness (QED) is 0.898. The van der Waals surface area contributed by atoms with E-state index in [4.69, 9.17) is 0 Å². The van der Waals surface area contributed by atoms with E-state index in [9.17, 15) is 4.79 Å². The molecule has 1 aromatic rings. The van der Waals surface area contributed by atoms with Crippen LogP contribution in [0.5, 0.6) is 0 Å². The maximum atomic E-state index is 12.6. The highest BCUT2D eigenvalue weighted by atomic mass is 32.2. The summed E-state index contributed by atoms with van der Waals surface area (Å²) in [6.45, 7) is 3.09. The summed E-state index contributed by atoms with van der Waals surface area (Å²) in [5.74, 6) is 1.32. The van der Waals surface area contributed by atoms with Crippen LogP contribution in [0.15, 0.2) is 24.3 Å². The van der Waals surface area contributed by atoms with E-state index in [1.54, 1.807) is 0 Å². The van der Waals surface area contributed by atoms with Gasteiger partial charge in [-0.3, -0.25) is 4.79 Å². The van der Waals surface area contributed by atoms with E-state index in [1.807, 2.05) is 17.8 Å². The van der Waals surface area contributed by atoms with E-state index < -0.39 is 0 Å². The first-order valence-electron chi connectivity index (χ1n) is 8.01. The minimum atomic E-state index is -0.173. The Kier molecular flexibility index (Phi) is 4.86. The van der Waals surface area contributed by atoms with E-state index in [1.165, 1.54) is 17.7 Å². The molecule has 3 atom stereocenters. The van der Waals surface area contributed by atoms with Gasteiger partial charge in [0, 0.05) is 17.8 Å². The van der Waals surface area contributed by atoms with Crippen molar-refractivity contribution in [3.05, 3.63) is 35.4 Å². The van der Waals surface area contributed by atoms with Crippen molar-refractivity contribution in [3.63, 3.8) is 0 Å². The molecule has 1 aliphatic heterocycles. The van der Waals surface area contributed by atoms with E-state index in [0.29, 0.717) is 6.04 Å². The average molecular weight is 304 g/mol. The molecule has 1 saturated carbocycles. The molecule has 3 rings (SSSR count). The van der Waals surface area contributed by atoms with Crippen LogP contribution in [0.25, 0.3) is 0 Å². The lowest BCUT2D eigenvalue weighted by Gasteiger charge is -2.27. The second-order valence-electron chi connectivity index (χ2n) is 5.93. The minimum absolute atomic E-state index is 0.147. The van der Waals surface area contributed by atoms with Crippen LogP contribution in [0, 0.1) is 0 Å². The summed E-state index contributed by atoms with van der Waals surface area (Å²) < 4.78 is 0. The van der Waals surface area contributed by atoms with Crippen molar-refractivity contribution in [2.45, 2.75) is 49.9 Å². The lowest BCUT2D eigenvalue weighted by atomic mass is 9.94. The molecule has 21 heavy (non-hydrogen) atoms. The lowest BCUT2D eigenvalue weighted by molar-refractivity contribution is -0.124. The van der Waals surface area contributed by atoms with Crippen molar-refractivity contribution in [3.8, 4) is 0 Å². The molecule has 0 radical (unpaired) electrons. The maximum Gasteiger partial charge on any atom is 0.241 e.